The Morgan fingerprint density at radius 3 is 2.62 bits per heavy atom. The van der Waals surface area contributed by atoms with E-state index in [4.69, 9.17) is 5.73 Å². The summed E-state index contributed by atoms with van der Waals surface area (Å²) in [7, 11) is 0. The molecule has 1 saturated carbocycles. The van der Waals surface area contributed by atoms with Gasteiger partial charge in [0.25, 0.3) is 0 Å². The molecule has 16 heavy (non-hydrogen) atoms. The fourth-order valence-corrected chi connectivity index (χ4v) is 3.14. The summed E-state index contributed by atoms with van der Waals surface area (Å²) in [5, 5.41) is 0. The molecule has 1 atom stereocenters. The molecule has 2 aliphatic rings. The molecule has 0 aromatic heterocycles. The van der Waals surface area contributed by atoms with E-state index in [0.29, 0.717) is 11.8 Å². The smallest absolute Gasteiger partial charge is 0.228 e. The Hall–Kier alpha value is -0.570. The zero-order valence-corrected chi connectivity index (χ0v) is 10.4. The quantitative estimate of drug-likeness (QED) is 0.777. The van der Waals surface area contributed by atoms with Gasteiger partial charge in [0.2, 0.25) is 5.91 Å². The van der Waals surface area contributed by atoms with Crippen molar-refractivity contribution in [1.82, 2.24) is 4.90 Å². The van der Waals surface area contributed by atoms with E-state index in [1.54, 1.807) is 0 Å². The van der Waals surface area contributed by atoms with Crippen LogP contribution in [0.5, 0.6) is 0 Å². The van der Waals surface area contributed by atoms with Crippen LogP contribution in [0.1, 0.15) is 45.4 Å². The van der Waals surface area contributed by atoms with Gasteiger partial charge in [-0.25, -0.2) is 0 Å². The largest absolute Gasteiger partial charge is 0.342 e. The van der Waals surface area contributed by atoms with Gasteiger partial charge >= 0.3 is 0 Å². The number of carbonyl (C=O) groups is 1. The fraction of sp³-hybridized carbons (Fsp3) is 0.923. The van der Waals surface area contributed by atoms with Gasteiger partial charge in [0, 0.05) is 18.5 Å². The van der Waals surface area contributed by atoms with E-state index in [1.165, 1.54) is 19.3 Å². The molecule has 1 heterocycles. The summed E-state index contributed by atoms with van der Waals surface area (Å²) in [5.74, 6) is 0.930. The highest BCUT2D eigenvalue weighted by Crippen LogP contribution is 2.38. The van der Waals surface area contributed by atoms with E-state index >= 15 is 0 Å². The third kappa shape index (κ3) is 2.24. The van der Waals surface area contributed by atoms with Crippen LogP contribution >= 0.6 is 0 Å². The number of nitrogens with zero attached hydrogens (tertiary/aromatic N) is 1. The van der Waals surface area contributed by atoms with Gasteiger partial charge in [0.1, 0.15) is 0 Å². The Kier molecular flexibility index (Phi) is 3.53. The lowest BCUT2D eigenvalue weighted by atomic mass is 9.74. The zero-order valence-electron chi connectivity index (χ0n) is 10.4. The molecule has 2 N–H and O–H groups in total. The van der Waals surface area contributed by atoms with E-state index in [9.17, 15) is 4.79 Å². The maximum atomic E-state index is 12.5. The molecule has 0 radical (unpaired) electrons. The molecule has 92 valence electrons. The van der Waals surface area contributed by atoms with Crippen LogP contribution in [0.15, 0.2) is 0 Å². The molecular formula is C13H24N2O. The van der Waals surface area contributed by atoms with Crippen molar-refractivity contribution in [1.29, 1.82) is 0 Å². The van der Waals surface area contributed by atoms with Crippen LogP contribution < -0.4 is 5.73 Å². The molecule has 1 saturated heterocycles. The summed E-state index contributed by atoms with van der Waals surface area (Å²) in [6.45, 7) is 4.70. The molecular weight excluding hydrogens is 200 g/mol. The molecule has 0 spiro atoms. The van der Waals surface area contributed by atoms with Gasteiger partial charge in [-0.05, 0) is 31.7 Å². The predicted molar refractivity (Wildman–Crippen MR) is 64.9 cm³/mol. The van der Waals surface area contributed by atoms with E-state index < -0.39 is 0 Å². The maximum Gasteiger partial charge on any atom is 0.228 e. The van der Waals surface area contributed by atoms with Crippen molar-refractivity contribution in [2.75, 3.05) is 19.6 Å². The topological polar surface area (TPSA) is 46.3 Å². The van der Waals surface area contributed by atoms with Gasteiger partial charge < -0.3 is 10.6 Å². The zero-order chi connectivity index (χ0) is 11.6. The second-order valence-electron chi connectivity index (χ2n) is 5.76. The highest BCUT2D eigenvalue weighted by atomic mass is 16.2. The fourth-order valence-electron chi connectivity index (χ4n) is 3.14. The molecule has 0 bridgehead atoms. The first kappa shape index (κ1) is 11.9. The Morgan fingerprint density at radius 2 is 2.06 bits per heavy atom. The minimum atomic E-state index is -0.0677. The summed E-state index contributed by atoms with van der Waals surface area (Å²) in [6.07, 6.45) is 6.99. The lowest BCUT2D eigenvalue weighted by Crippen LogP contribution is -2.42. The minimum Gasteiger partial charge on any atom is -0.342 e. The van der Waals surface area contributed by atoms with Crippen LogP contribution in [0, 0.1) is 11.3 Å². The lowest BCUT2D eigenvalue weighted by Gasteiger charge is -2.35. The van der Waals surface area contributed by atoms with Crippen molar-refractivity contribution < 1.29 is 4.79 Å². The summed E-state index contributed by atoms with van der Waals surface area (Å²) in [6, 6.07) is 0. The average molecular weight is 224 g/mol. The molecule has 1 amide bonds. The molecule has 0 aromatic carbocycles. The van der Waals surface area contributed by atoms with Crippen molar-refractivity contribution in [3.05, 3.63) is 0 Å². The standard InChI is InChI=1S/C13H24N2O/c1-13(6-3-2-4-7-13)12(16)15-8-5-11(9-14)10-15/h11H,2-10,14H2,1H3. The number of nitrogens with two attached hydrogens (primary N) is 1. The molecule has 1 aliphatic heterocycles. The summed E-state index contributed by atoms with van der Waals surface area (Å²) in [4.78, 5) is 14.5. The number of carbonyl (C=O) groups excluding carboxylic acids is 1. The highest BCUT2D eigenvalue weighted by Gasteiger charge is 2.39. The van der Waals surface area contributed by atoms with Crippen LogP contribution in [0.25, 0.3) is 0 Å². The van der Waals surface area contributed by atoms with E-state index in [2.05, 4.69) is 11.8 Å². The number of likely N-dealkylation sites (tertiary alicyclic amines) is 1. The van der Waals surface area contributed by atoms with Crippen molar-refractivity contribution in [3.63, 3.8) is 0 Å². The monoisotopic (exact) mass is 224 g/mol. The van der Waals surface area contributed by atoms with Crippen LogP contribution in [0.2, 0.25) is 0 Å². The van der Waals surface area contributed by atoms with Gasteiger partial charge in [0.05, 0.1) is 0 Å². The van der Waals surface area contributed by atoms with Crippen molar-refractivity contribution in [2.24, 2.45) is 17.1 Å². The number of hydrogen-bond donors (Lipinski definition) is 1. The first-order chi connectivity index (χ1) is 7.65. The molecule has 3 heteroatoms. The molecule has 1 unspecified atom stereocenters. The van der Waals surface area contributed by atoms with E-state index in [1.807, 2.05) is 0 Å². The third-order valence-electron chi connectivity index (χ3n) is 4.38. The van der Waals surface area contributed by atoms with E-state index in [-0.39, 0.29) is 5.41 Å². The number of rotatable bonds is 2. The SMILES string of the molecule is CC1(C(=O)N2CCC(CN)C2)CCCCC1. The van der Waals surface area contributed by atoms with Crippen molar-refractivity contribution >= 4 is 5.91 Å². The Balaban J connectivity index is 1.96. The molecule has 2 fully saturated rings. The Morgan fingerprint density at radius 1 is 1.38 bits per heavy atom. The second-order valence-corrected chi connectivity index (χ2v) is 5.76. The Labute approximate surface area is 98.4 Å². The summed E-state index contributed by atoms with van der Waals surface area (Å²) < 4.78 is 0. The molecule has 2 rings (SSSR count). The van der Waals surface area contributed by atoms with Crippen LogP contribution in [0.3, 0.4) is 0 Å². The van der Waals surface area contributed by atoms with Crippen molar-refractivity contribution in [3.8, 4) is 0 Å². The highest BCUT2D eigenvalue weighted by molar-refractivity contribution is 5.82. The van der Waals surface area contributed by atoms with Crippen LogP contribution in [-0.4, -0.2) is 30.4 Å². The van der Waals surface area contributed by atoms with Gasteiger partial charge in [-0.15, -0.1) is 0 Å². The van der Waals surface area contributed by atoms with Crippen molar-refractivity contribution in [2.45, 2.75) is 45.4 Å². The molecule has 3 nitrogen and oxygen atoms in total. The number of hydrogen-bond acceptors (Lipinski definition) is 2. The van der Waals surface area contributed by atoms with Gasteiger partial charge in [-0.1, -0.05) is 26.2 Å². The first-order valence-corrected chi connectivity index (χ1v) is 6.65. The molecule has 1 aliphatic carbocycles. The lowest BCUT2D eigenvalue weighted by molar-refractivity contribution is -0.142. The van der Waals surface area contributed by atoms with Gasteiger partial charge in [-0.3, -0.25) is 4.79 Å². The molecule has 0 aromatic rings. The van der Waals surface area contributed by atoms with Gasteiger partial charge in [0.15, 0.2) is 0 Å². The summed E-state index contributed by atoms with van der Waals surface area (Å²) in [5.41, 5.74) is 5.60. The first-order valence-electron chi connectivity index (χ1n) is 6.65. The third-order valence-corrected chi connectivity index (χ3v) is 4.38. The Bertz CT molecular complexity index is 259. The average Bonchev–Trinajstić information content (AvgIpc) is 2.77. The second kappa shape index (κ2) is 4.74. The maximum absolute atomic E-state index is 12.5. The van der Waals surface area contributed by atoms with E-state index in [0.717, 1.165) is 38.9 Å². The summed E-state index contributed by atoms with van der Waals surface area (Å²) >= 11 is 0. The number of amides is 1. The van der Waals surface area contributed by atoms with Crippen LogP contribution in [-0.2, 0) is 4.79 Å². The van der Waals surface area contributed by atoms with Crippen LogP contribution in [0.4, 0.5) is 0 Å². The minimum absolute atomic E-state index is 0.0677. The predicted octanol–water partition coefficient (Wildman–Crippen LogP) is 1.76. The normalized spacial score (nSPS) is 29.4. The van der Waals surface area contributed by atoms with Gasteiger partial charge in [-0.2, -0.15) is 0 Å².